The molecule has 0 radical (unpaired) electrons. The fourth-order valence-electron chi connectivity index (χ4n) is 2.27. The molecule has 0 aliphatic carbocycles. The van der Waals surface area contributed by atoms with E-state index >= 15 is 0 Å². The van der Waals surface area contributed by atoms with E-state index < -0.39 is 0 Å². The van der Waals surface area contributed by atoms with Crippen LogP contribution in [0.1, 0.15) is 24.1 Å². The van der Waals surface area contributed by atoms with Crippen molar-refractivity contribution < 1.29 is 9.47 Å². The van der Waals surface area contributed by atoms with Crippen molar-refractivity contribution in [3.8, 4) is 11.5 Å². The second-order valence-electron chi connectivity index (χ2n) is 4.94. The lowest BCUT2D eigenvalue weighted by Gasteiger charge is -2.20. The highest BCUT2D eigenvalue weighted by atomic mass is 16.5. The summed E-state index contributed by atoms with van der Waals surface area (Å²) in [5.74, 6) is 1.80. The molecule has 21 heavy (non-hydrogen) atoms. The number of hydrogen-bond acceptors (Lipinski definition) is 3. The maximum absolute atomic E-state index is 5.91. The number of nitrogens with one attached hydrogen (secondary N) is 1. The molecule has 2 rings (SSSR count). The van der Waals surface area contributed by atoms with Crippen molar-refractivity contribution in [2.24, 2.45) is 0 Å². The first-order valence-electron chi connectivity index (χ1n) is 7.33. The van der Waals surface area contributed by atoms with Crippen LogP contribution in [0.4, 0.5) is 0 Å². The van der Waals surface area contributed by atoms with Crippen LogP contribution in [0, 0.1) is 6.92 Å². The predicted octanol–water partition coefficient (Wildman–Crippen LogP) is 3.73. The third kappa shape index (κ3) is 4.23. The molecule has 0 aliphatic rings. The van der Waals surface area contributed by atoms with Gasteiger partial charge in [-0.15, -0.1) is 0 Å². The topological polar surface area (TPSA) is 30.5 Å². The first kappa shape index (κ1) is 15.4. The van der Waals surface area contributed by atoms with Crippen LogP contribution < -0.4 is 14.8 Å². The van der Waals surface area contributed by atoms with Gasteiger partial charge in [0.25, 0.3) is 0 Å². The lowest BCUT2D eigenvalue weighted by atomic mass is 10.1. The maximum atomic E-state index is 5.91. The molecule has 0 heterocycles. The molecular formula is C18H23NO2. The van der Waals surface area contributed by atoms with E-state index in [2.05, 4.69) is 24.4 Å². The highest BCUT2D eigenvalue weighted by Crippen LogP contribution is 2.26. The Kier molecular flexibility index (Phi) is 5.64. The average Bonchev–Trinajstić information content (AvgIpc) is 2.50. The van der Waals surface area contributed by atoms with Gasteiger partial charge < -0.3 is 14.8 Å². The zero-order valence-electron chi connectivity index (χ0n) is 12.9. The number of hydrogen-bond donors (Lipinski definition) is 1. The van der Waals surface area contributed by atoms with Crippen molar-refractivity contribution >= 4 is 0 Å². The van der Waals surface area contributed by atoms with Gasteiger partial charge in [-0.3, -0.25) is 0 Å². The van der Waals surface area contributed by atoms with Crippen LogP contribution in [-0.4, -0.2) is 20.3 Å². The zero-order valence-corrected chi connectivity index (χ0v) is 12.9. The van der Waals surface area contributed by atoms with Crippen LogP contribution in [0.25, 0.3) is 0 Å². The Balaban J connectivity index is 2.09. The zero-order chi connectivity index (χ0) is 15.1. The van der Waals surface area contributed by atoms with Crippen molar-refractivity contribution in [1.82, 2.24) is 5.32 Å². The summed E-state index contributed by atoms with van der Waals surface area (Å²) in [7, 11) is 1.94. The minimum absolute atomic E-state index is 0.0910. The minimum atomic E-state index is 0.0910. The lowest BCUT2D eigenvalue weighted by molar-refractivity contribution is 0.265. The predicted molar refractivity (Wildman–Crippen MR) is 86.1 cm³/mol. The molecule has 3 heteroatoms. The summed E-state index contributed by atoms with van der Waals surface area (Å²) in [6.45, 7) is 5.28. The van der Waals surface area contributed by atoms with Gasteiger partial charge in [-0.1, -0.05) is 30.3 Å². The van der Waals surface area contributed by atoms with Crippen molar-refractivity contribution in [2.75, 3.05) is 20.3 Å². The van der Waals surface area contributed by atoms with Gasteiger partial charge in [-0.2, -0.15) is 0 Å². The Bertz CT molecular complexity index is 569. The van der Waals surface area contributed by atoms with E-state index in [9.17, 15) is 0 Å². The van der Waals surface area contributed by atoms with Gasteiger partial charge in [0, 0.05) is 5.56 Å². The third-order valence-electron chi connectivity index (χ3n) is 3.35. The van der Waals surface area contributed by atoms with Gasteiger partial charge >= 0.3 is 0 Å². The molecule has 0 spiro atoms. The monoisotopic (exact) mass is 285 g/mol. The van der Waals surface area contributed by atoms with Crippen LogP contribution in [-0.2, 0) is 0 Å². The van der Waals surface area contributed by atoms with E-state index in [0.717, 1.165) is 17.1 Å². The van der Waals surface area contributed by atoms with E-state index in [-0.39, 0.29) is 6.04 Å². The summed E-state index contributed by atoms with van der Waals surface area (Å²) in [5, 5.41) is 3.30. The van der Waals surface area contributed by atoms with Gasteiger partial charge in [0.15, 0.2) is 0 Å². The summed E-state index contributed by atoms with van der Waals surface area (Å²) < 4.78 is 11.6. The second kappa shape index (κ2) is 7.70. The molecule has 0 saturated carbocycles. The van der Waals surface area contributed by atoms with E-state index in [1.807, 2.05) is 50.4 Å². The largest absolute Gasteiger partial charge is 0.494 e. The van der Waals surface area contributed by atoms with Gasteiger partial charge in [-0.25, -0.2) is 0 Å². The highest BCUT2D eigenvalue weighted by Gasteiger charge is 2.15. The number of likely N-dealkylation sites (N-methyl/N-ethyl adjacent to an activating group) is 1. The van der Waals surface area contributed by atoms with Crippen LogP contribution in [0.3, 0.4) is 0 Å². The fourth-order valence-corrected chi connectivity index (χ4v) is 2.27. The first-order chi connectivity index (χ1) is 10.2. The SMILES string of the molecule is CCOc1ccccc1C(COc1cccc(C)c1)NC. The molecule has 0 amide bonds. The van der Waals surface area contributed by atoms with E-state index in [0.29, 0.717) is 13.2 Å². The normalized spacial score (nSPS) is 12.0. The van der Waals surface area contributed by atoms with Gasteiger partial charge in [-0.05, 0) is 44.7 Å². The quantitative estimate of drug-likeness (QED) is 0.840. The molecule has 0 aliphatic heterocycles. The van der Waals surface area contributed by atoms with Crippen molar-refractivity contribution in [2.45, 2.75) is 19.9 Å². The molecule has 0 saturated heterocycles. The molecule has 1 atom stereocenters. The summed E-state index contributed by atoms with van der Waals surface area (Å²) >= 11 is 0. The summed E-state index contributed by atoms with van der Waals surface area (Å²) in [4.78, 5) is 0. The van der Waals surface area contributed by atoms with E-state index in [1.165, 1.54) is 5.56 Å². The van der Waals surface area contributed by atoms with Crippen LogP contribution in [0.2, 0.25) is 0 Å². The van der Waals surface area contributed by atoms with Gasteiger partial charge in [0.1, 0.15) is 18.1 Å². The number of benzene rings is 2. The minimum Gasteiger partial charge on any atom is -0.494 e. The molecule has 3 nitrogen and oxygen atoms in total. The number of rotatable bonds is 7. The highest BCUT2D eigenvalue weighted by molar-refractivity contribution is 5.36. The molecule has 1 unspecified atom stereocenters. The Hall–Kier alpha value is -2.00. The van der Waals surface area contributed by atoms with Gasteiger partial charge in [0.05, 0.1) is 12.6 Å². The second-order valence-corrected chi connectivity index (χ2v) is 4.94. The Morgan fingerprint density at radius 1 is 1.05 bits per heavy atom. The van der Waals surface area contributed by atoms with E-state index in [1.54, 1.807) is 0 Å². The Morgan fingerprint density at radius 3 is 2.57 bits per heavy atom. The molecule has 0 fully saturated rings. The number of aryl methyl sites for hydroxylation is 1. The summed E-state index contributed by atoms with van der Waals surface area (Å²) in [5.41, 5.74) is 2.32. The van der Waals surface area contributed by atoms with Crippen molar-refractivity contribution in [1.29, 1.82) is 0 Å². The molecule has 112 valence electrons. The summed E-state index contributed by atoms with van der Waals surface area (Å²) in [6, 6.07) is 16.3. The van der Waals surface area contributed by atoms with Crippen molar-refractivity contribution in [3.05, 3.63) is 59.7 Å². The molecular weight excluding hydrogens is 262 g/mol. The van der Waals surface area contributed by atoms with Crippen LogP contribution >= 0.6 is 0 Å². The number of para-hydroxylation sites is 1. The smallest absolute Gasteiger partial charge is 0.124 e. The molecule has 2 aromatic carbocycles. The Morgan fingerprint density at radius 2 is 1.86 bits per heavy atom. The molecule has 0 aromatic heterocycles. The number of ether oxygens (including phenoxy) is 2. The third-order valence-corrected chi connectivity index (χ3v) is 3.35. The van der Waals surface area contributed by atoms with Gasteiger partial charge in [0.2, 0.25) is 0 Å². The van der Waals surface area contributed by atoms with Crippen LogP contribution in [0.15, 0.2) is 48.5 Å². The molecule has 2 aromatic rings. The fraction of sp³-hybridized carbons (Fsp3) is 0.333. The molecule has 1 N–H and O–H groups in total. The van der Waals surface area contributed by atoms with Crippen LogP contribution in [0.5, 0.6) is 11.5 Å². The average molecular weight is 285 g/mol. The van der Waals surface area contributed by atoms with Crippen molar-refractivity contribution in [3.63, 3.8) is 0 Å². The molecule has 0 bridgehead atoms. The first-order valence-corrected chi connectivity index (χ1v) is 7.33. The standard InChI is InChI=1S/C18H23NO2/c1-4-20-18-11-6-5-10-16(18)17(19-3)13-21-15-9-7-8-14(2)12-15/h5-12,17,19H,4,13H2,1-3H3. The lowest BCUT2D eigenvalue weighted by Crippen LogP contribution is -2.24. The summed E-state index contributed by atoms with van der Waals surface area (Å²) in [6.07, 6.45) is 0. The Labute approximate surface area is 126 Å². The van der Waals surface area contributed by atoms with E-state index in [4.69, 9.17) is 9.47 Å². The maximum Gasteiger partial charge on any atom is 0.124 e.